The van der Waals surface area contributed by atoms with E-state index in [2.05, 4.69) is 199 Å². The van der Waals surface area contributed by atoms with Crippen LogP contribution in [0.5, 0.6) is 0 Å². The van der Waals surface area contributed by atoms with Gasteiger partial charge in [-0.05, 0) is 112 Å². The first-order valence-electron chi connectivity index (χ1n) is 19.9. The Kier molecular flexibility index (Phi) is 6.91. The van der Waals surface area contributed by atoms with Crippen LogP contribution >= 0.6 is 0 Å². The number of nitrogens with zero attached hydrogens (tertiary/aromatic N) is 5. The van der Waals surface area contributed by atoms with Gasteiger partial charge in [0, 0.05) is 56.5 Å². The molecule has 0 N–H and O–H groups in total. The van der Waals surface area contributed by atoms with E-state index in [1.165, 1.54) is 66.1 Å². The van der Waals surface area contributed by atoms with E-state index < -0.39 is 0 Å². The van der Waals surface area contributed by atoms with Crippen LogP contribution < -0.4 is 0 Å². The third kappa shape index (κ3) is 4.77. The molecule has 5 nitrogen and oxygen atoms in total. The van der Waals surface area contributed by atoms with Gasteiger partial charge in [-0.2, -0.15) is 0 Å². The standard InChI is InChI=1S/C53H37N5/c1-53(2)46-16-8-6-13-41(46)42-27-24-37(33-47(42)53)34-18-20-35(21-19-34)40-15-10-31-57-52(40)54-51(55-57)36-22-25-39(26-23-36)58-49-17-9-7-14-43(49)44-28-29-48-45(50(44)58)30-32-56(48)38-11-4-3-5-12-38/h3-33H,1-2H3. The molecule has 0 saturated heterocycles. The molecule has 4 heterocycles. The molecule has 0 atom stereocenters. The van der Waals surface area contributed by atoms with Crippen molar-refractivity contribution in [2.24, 2.45) is 0 Å². The van der Waals surface area contributed by atoms with Crippen LogP contribution in [-0.2, 0) is 5.41 Å². The van der Waals surface area contributed by atoms with E-state index in [1.54, 1.807) is 0 Å². The summed E-state index contributed by atoms with van der Waals surface area (Å²) >= 11 is 0. The molecule has 0 radical (unpaired) electrons. The van der Waals surface area contributed by atoms with Gasteiger partial charge >= 0.3 is 0 Å². The first kappa shape index (κ1) is 32.7. The van der Waals surface area contributed by atoms with Gasteiger partial charge < -0.3 is 9.13 Å². The van der Waals surface area contributed by atoms with Gasteiger partial charge in [0.15, 0.2) is 11.5 Å². The normalized spacial score (nSPS) is 13.1. The van der Waals surface area contributed by atoms with E-state index in [1.807, 2.05) is 16.8 Å². The highest BCUT2D eigenvalue weighted by atomic mass is 15.3. The molecule has 1 aliphatic rings. The summed E-state index contributed by atoms with van der Waals surface area (Å²) in [5.41, 5.74) is 17.6. The first-order valence-corrected chi connectivity index (χ1v) is 19.9. The first-order chi connectivity index (χ1) is 28.5. The molecule has 0 spiro atoms. The van der Waals surface area contributed by atoms with Gasteiger partial charge in [0.05, 0.1) is 16.6 Å². The van der Waals surface area contributed by atoms with Crippen molar-refractivity contribution in [3.05, 3.63) is 199 Å². The molecule has 58 heavy (non-hydrogen) atoms. The van der Waals surface area contributed by atoms with Crippen LogP contribution in [0, 0.1) is 0 Å². The Bertz CT molecular complexity index is 3400. The maximum absolute atomic E-state index is 5.12. The third-order valence-corrected chi connectivity index (χ3v) is 12.4. The van der Waals surface area contributed by atoms with Crippen molar-refractivity contribution in [1.29, 1.82) is 0 Å². The molecule has 0 bridgehead atoms. The lowest BCUT2D eigenvalue weighted by atomic mass is 9.81. The van der Waals surface area contributed by atoms with Crippen molar-refractivity contribution in [2.75, 3.05) is 0 Å². The lowest BCUT2D eigenvalue weighted by Crippen LogP contribution is -2.14. The Labute approximate surface area is 335 Å². The molecular weight excluding hydrogens is 707 g/mol. The molecule has 7 aromatic carbocycles. The van der Waals surface area contributed by atoms with Gasteiger partial charge in [-0.15, -0.1) is 5.10 Å². The van der Waals surface area contributed by atoms with Gasteiger partial charge in [-0.3, -0.25) is 0 Å². The molecule has 0 unspecified atom stereocenters. The second-order valence-corrected chi connectivity index (χ2v) is 15.9. The average Bonchev–Trinajstić information content (AvgIpc) is 4.05. The minimum Gasteiger partial charge on any atom is -0.316 e. The zero-order valence-corrected chi connectivity index (χ0v) is 32.1. The molecule has 0 fully saturated rings. The molecule has 1 aliphatic carbocycles. The zero-order valence-electron chi connectivity index (χ0n) is 32.1. The number of benzene rings is 7. The summed E-state index contributed by atoms with van der Waals surface area (Å²) in [7, 11) is 0. The fraction of sp³-hybridized carbons (Fsp3) is 0.0566. The number of fused-ring (bicyclic) bond motifs is 9. The quantitative estimate of drug-likeness (QED) is 0.176. The van der Waals surface area contributed by atoms with Crippen molar-refractivity contribution < 1.29 is 0 Å². The molecular formula is C53H37N5. The van der Waals surface area contributed by atoms with Gasteiger partial charge in [-0.25, -0.2) is 9.50 Å². The highest BCUT2D eigenvalue weighted by Gasteiger charge is 2.35. The highest BCUT2D eigenvalue weighted by molar-refractivity contribution is 6.18. The lowest BCUT2D eigenvalue weighted by molar-refractivity contribution is 0.660. The minimum absolute atomic E-state index is 0.0306. The molecule has 0 aliphatic heterocycles. The summed E-state index contributed by atoms with van der Waals surface area (Å²) < 4.78 is 6.56. The summed E-state index contributed by atoms with van der Waals surface area (Å²) in [6.07, 6.45) is 4.16. The zero-order chi connectivity index (χ0) is 38.5. The Hall–Kier alpha value is -7.50. The second-order valence-electron chi connectivity index (χ2n) is 15.9. The Balaban J connectivity index is 0.889. The summed E-state index contributed by atoms with van der Waals surface area (Å²) in [6.45, 7) is 4.67. The average molecular weight is 744 g/mol. The highest BCUT2D eigenvalue weighted by Crippen LogP contribution is 2.49. The van der Waals surface area contributed by atoms with Crippen LogP contribution in [-0.4, -0.2) is 23.7 Å². The molecule has 0 saturated carbocycles. The summed E-state index contributed by atoms with van der Waals surface area (Å²) in [6, 6.07) is 63.4. The monoisotopic (exact) mass is 743 g/mol. The number of para-hydroxylation sites is 2. The fourth-order valence-electron chi connectivity index (χ4n) is 9.50. The smallest absolute Gasteiger partial charge is 0.182 e. The van der Waals surface area contributed by atoms with Gasteiger partial charge in [0.1, 0.15) is 0 Å². The predicted octanol–water partition coefficient (Wildman–Crippen LogP) is 13.1. The maximum Gasteiger partial charge on any atom is 0.182 e. The number of hydrogen-bond donors (Lipinski definition) is 0. The fourth-order valence-corrected chi connectivity index (χ4v) is 9.50. The minimum atomic E-state index is -0.0306. The lowest BCUT2D eigenvalue weighted by Gasteiger charge is -2.22. The van der Waals surface area contributed by atoms with Crippen molar-refractivity contribution in [2.45, 2.75) is 19.3 Å². The van der Waals surface area contributed by atoms with Crippen molar-refractivity contribution in [3.63, 3.8) is 0 Å². The second kappa shape index (κ2) is 12.2. The van der Waals surface area contributed by atoms with Crippen molar-refractivity contribution >= 4 is 38.4 Å². The number of rotatable bonds is 5. The van der Waals surface area contributed by atoms with Gasteiger partial charge in [-0.1, -0.05) is 117 Å². The van der Waals surface area contributed by atoms with E-state index in [-0.39, 0.29) is 5.41 Å². The largest absolute Gasteiger partial charge is 0.316 e. The van der Waals surface area contributed by atoms with Crippen LogP contribution in [0.1, 0.15) is 25.0 Å². The summed E-state index contributed by atoms with van der Waals surface area (Å²) in [5.74, 6) is 0.696. The van der Waals surface area contributed by atoms with E-state index in [0.29, 0.717) is 5.82 Å². The number of hydrogen-bond acceptors (Lipinski definition) is 2. The van der Waals surface area contributed by atoms with Crippen LogP contribution in [0.4, 0.5) is 0 Å². The van der Waals surface area contributed by atoms with E-state index >= 15 is 0 Å². The Morgan fingerprint density at radius 2 is 1.16 bits per heavy atom. The van der Waals surface area contributed by atoms with Crippen molar-refractivity contribution in [3.8, 4) is 56.1 Å². The number of pyridine rings is 1. The molecule has 274 valence electrons. The molecule has 5 heteroatoms. The summed E-state index contributed by atoms with van der Waals surface area (Å²) in [5, 5.41) is 8.65. The maximum atomic E-state index is 5.12. The molecule has 4 aromatic heterocycles. The SMILES string of the molecule is CC1(C)c2ccccc2-c2ccc(-c3ccc(-c4cccn5nc(-c6ccc(-n7c8ccccc8c8ccc9c(ccn9-c9ccccc9)c87)cc6)nc45)cc3)cc21. The van der Waals surface area contributed by atoms with Gasteiger partial charge in [0.2, 0.25) is 0 Å². The molecule has 12 rings (SSSR count). The Morgan fingerprint density at radius 3 is 2.02 bits per heavy atom. The van der Waals surface area contributed by atoms with Crippen LogP contribution in [0.2, 0.25) is 0 Å². The van der Waals surface area contributed by atoms with Crippen molar-refractivity contribution in [1.82, 2.24) is 23.7 Å². The topological polar surface area (TPSA) is 40.0 Å². The van der Waals surface area contributed by atoms with Crippen LogP contribution in [0.3, 0.4) is 0 Å². The Morgan fingerprint density at radius 1 is 0.448 bits per heavy atom. The molecule has 11 aromatic rings. The van der Waals surface area contributed by atoms with E-state index in [0.717, 1.165) is 33.7 Å². The predicted molar refractivity (Wildman–Crippen MR) is 238 cm³/mol. The number of aromatic nitrogens is 5. The van der Waals surface area contributed by atoms with Crippen LogP contribution in [0.25, 0.3) is 94.5 Å². The van der Waals surface area contributed by atoms with Gasteiger partial charge in [0.25, 0.3) is 0 Å². The molecule has 0 amide bonds. The van der Waals surface area contributed by atoms with E-state index in [4.69, 9.17) is 10.1 Å². The summed E-state index contributed by atoms with van der Waals surface area (Å²) in [4.78, 5) is 5.12. The van der Waals surface area contributed by atoms with Crippen LogP contribution in [0.15, 0.2) is 188 Å². The third-order valence-electron chi connectivity index (χ3n) is 12.4. The van der Waals surface area contributed by atoms with E-state index in [9.17, 15) is 0 Å².